The summed E-state index contributed by atoms with van der Waals surface area (Å²) < 4.78 is 4.72. The molecule has 0 aliphatic carbocycles. The molecule has 90 valence electrons. The third kappa shape index (κ3) is 3.60. The Bertz CT molecular complexity index is 457. The van der Waals surface area contributed by atoms with Gasteiger partial charge in [-0.05, 0) is 19.1 Å². The summed E-state index contributed by atoms with van der Waals surface area (Å²) in [6.07, 6.45) is 0.802. The molecule has 0 fully saturated rings. The summed E-state index contributed by atoms with van der Waals surface area (Å²) >= 11 is 0. The van der Waals surface area contributed by atoms with Crippen LogP contribution in [-0.2, 0) is 4.74 Å². The average molecular weight is 236 g/mol. The number of ether oxygens (including phenoxy) is 1. The molecular weight excluding hydrogens is 224 g/mol. The van der Waals surface area contributed by atoms with Crippen LogP contribution in [0.1, 0.15) is 16.2 Å². The van der Waals surface area contributed by atoms with Gasteiger partial charge in [-0.25, -0.2) is 14.6 Å². The third-order valence-corrected chi connectivity index (χ3v) is 1.87. The number of rotatable bonds is 4. The predicted molar refractivity (Wildman–Crippen MR) is 61.1 cm³/mol. The van der Waals surface area contributed by atoms with E-state index in [1.165, 1.54) is 18.2 Å². The number of carboxylic acid groups (broad SMARTS) is 1. The van der Waals surface area contributed by atoms with E-state index >= 15 is 0 Å². The van der Waals surface area contributed by atoms with Crippen LogP contribution >= 0.6 is 0 Å². The fourth-order valence-corrected chi connectivity index (χ4v) is 1.09. The van der Waals surface area contributed by atoms with Crippen molar-refractivity contribution >= 4 is 17.7 Å². The molecule has 0 unspecified atom stereocenters. The number of anilines is 1. The molecule has 6 nitrogen and oxygen atoms in total. The Hall–Kier alpha value is -2.37. The van der Waals surface area contributed by atoms with Gasteiger partial charge in [-0.3, -0.25) is 5.32 Å². The minimum Gasteiger partial charge on any atom is -0.477 e. The molecule has 1 amide bonds. The van der Waals surface area contributed by atoms with Gasteiger partial charge in [0.1, 0.15) is 12.3 Å². The van der Waals surface area contributed by atoms with Gasteiger partial charge in [0.05, 0.1) is 11.4 Å². The number of hydrogen-bond donors (Lipinski definition) is 2. The van der Waals surface area contributed by atoms with Crippen molar-refractivity contribution < 1.29 is 19.4 Å². The number of aryl methyl sites for hydroxylation is 1. The summed E-state index contributed by atoms with van der Waals surface area (Å²) in [4.78, 5) is 25.7. The molecule has 1 rings (SSSR count). The van der Waals surface area contributed by atoms with E-state index in [2.05, 4.69) is 16.9 Å². The fraction of sp³-hybridized carbons (Fsp3) is 0.182. The number of nitrogens with one attached hydrogen (secondary N) is 1. The van der Waals surface area contributed by atoms with Gasteiger partial charge in [-0.15, -0.1) is 0 Å². The molecule has 0 atom stereocenters. The Kier molecular flexibility index (Phi) is 4.21. The molecule has 0 saturated carbocycles. The van der Waals surface area contributed by atoms with Crippen molar-refractivity contribution in [3.8, 4) is 0 Å². The van der Waals surface area contributed by atoms with Crippen LogP contribution in [0.2, 0.25) is 0 Å². The lowest BCUT2D eigenvalue weighted by Crippen LogP contribution is -2.15. The summed E-state index contributed by atoms with van der Waals surface area (Å²) in [5.74, 6) is -1.12. The quantitative estimate of drug-likeness (QED) is 0.778. The number of amides is 1. The molecular formula is C11H12N2O4. The first-order chi connectivity index (χ1) is 8.04. The van der Waals surface area contributed by atoms with Crippen LogP contribution in [0, 0.1) is 6.92 Å². The lowest BCUT2D eigenvalue weighted by molar-refractivity contribution is 0.0690. The van der Waals surface area contributed by atoms with Gasteiger partial charge in [-0.2, -0.15) is 0 Å². The molecule has 2 N–H and O–H groups in total. The number of aromatic carboxylic acids is 1. The summed E-state index contributed by atoms with van der Waals surface area (Å²) in [5, 5.41) is 11.2. The number of pyridine rings is 1. The fourth-order valence-electron chi connectivity index (χ4n) is 1.09. The van der Waals surface area contributed by atoms with Crippen LogP contribution in [0.5, 0.6) is 0 Å². The van der Waals surface area contributed by atoms with E-state index in [1.807, 2.05) is 0 Å². The van der Waals surface area contributed by atoms with Crippen LogP contribution in [-0.4, -0.2) is 28.8 Å². The first-order valence-electron chi connectivity index (χ1n) is 4.80. The van der Waals surface area contributed by atoms with Crippen LogP contribution < -0.4 is 5.32 Å². The number of carboxylic acids is 1. The Balaban J connectivity index is 2.75. The zero-order valence-electron chi connectivity index (χ0n) is 9.27. The molecule has 0 bridgehead atoms. The minimum absolute atomic E-state index is 0.0764. The third-order valence-electron chi connectivity index (χ3n) is 1.87. The highest BCUT2D eigenvalue weighted by molar-refractivity contribution is 5.88. The smallest absolute Gasteiger partial charge is 0.411 e. The first-order valence-corrected chi connectivity index (χ1v) is 4.80. The minimum atomic E-state index is -1.12. The van der Waals surface area contributed by atoms with E-state index in [0.717, 1.165) is 0 Å². The molecule has 1 aromatic heterocycles. The van der Waals surface area contributed by atoms with Crippen molar-refractivity contribution in [2.45, 2.75) is 6.92 Å². The maximum Gasteiger partial charge on any atom is 0.411 e. The lowest BCUT2D eigenvalue weighted by atomic mass is 10.2. The maximum atomic E-state index is 11.2. The lowest BCUT2D eigenvalue weighted by Gasteiger charge is -2.07. The Morgan fingerprint density at radius 1 is 1.59 bits per heavy atom. The van der Waals surface area contributed by atoms with Gasteiger partial charge < -0.3 is 9.84 Å². The highest BCUT2D eigenvalue weighted by Gasteiger charge is 2.09. The van der Waals surface area contributed by atoms with E-state index in [0.29, 0.717) is 11.4 Å². The molecule has 0 aromatic carbocycles. The summed E-state index contributed by atoms with van der Waals surface area (Å²) in [5.41, 5.74) is 0.733. The van der Waals surface area contributed by atoms with Crippen molar-refractivity contribution in [3.63, 3.8) is 0 Å². The Morgan fingerprint density at radius 3 is 2.82 bits per heavy atom. The van der Waals surface area contributed by atoms with Crippen molar-refractivity contribution in [1.29, 1.82) is 0 Å². The summed E-state index contributed by atoms with van der Waals surface area (Å²) in [6.45, 7) is 5.10. The van der Waals surface area contributed by atoms with Crippen molar-refractivity contribution in [2.24, 2.45) is 0 Å². The summed E-state index contributed by atoms with van der Waals surface area (Å²) in [6, 6.07) is 2.76. The zero-order valence-corrected chi connectivity index (χ0v) is 9.27. The summed E-state index contributed by atoms with van der Waals surface area (Å²) in [7, 11) is 0. The standard InChI is InChI=1S/C11H12N2O4/c1-3-6-17-11(16)13-8-4-5-9(10(14)15)12-7(8)2/h3-5H,1,6H2,2H3,(H,13,16)(H,14,15). The average Bonchev–Trinajstić information content (AvgIpc) is 2.28. The number of carbonyl (C=O) groups excluding carboxylic acids is 1. The predicted octanol–water partition coefficient (Wildman–Crippen LogP) is 1.82. The number of carbonyl (C=O) groups is 2. The molecule has 0 radical (unpaired) electrons. The van der Waals surface area contributed by atoms with Gasteiger partial charge >= 0.3 is 12.1 Å². The normalized spacial score (nSPS) is 9.47. The van der Waals surface area contributed by atoms with Gasteiger partial charge in [0.2, 0.25) is 0 Å². The second kappa shape index (κ2) is 5.64. The molecule has 1 aromatic rings. The molecule has 0 aliphatic heterocycles. The van der Waals surface area contributed by atoms with Crippen LogP contribution in [0.3, 0.4) is 0 Å². The molecule has 1 heterocycles. The molecule has 0 aliphatic rings. The Labute approximate surface area is 97.9 Å². The van der Waals surface area contributed by atoms with Crippen molar-refractivity contribution in [2.75, 3.05) is 11.9 Å². The highest BCUT2D eigenvalue weighted by Crippen LogP contribution is 2.13. The van der Waals surface area contributed by atoms with Crippen LogP contribution in [0.25, 0.3) is 0 Å². The highest BCUT2D eigenvalue weighted by atomic mass is 16.5. The number of hydrogen-bond acceptors (Lipinski definition) is 4. The van der Waals surface area contributed by atoms with Crippen LogP contribution in [0.15, 0.2) is 24.8 Å². The SMILES string of the molecule is C=CCOC(=O)Nc1ccc(C(=O)O)nc1C. The van der Waals surface area contributed by atoms with E-state index in [1.54, 1.807) is 6.92 Å². The monoisotopic (exact) mass is 236 g/mol. The molecule has 6 heteroatoms. The van der Waals surface area contributed by atoms with Gasteiger partial charge in [-0.1, -0.05) is 12.7 Å². The second-order valence-electron chi connectivity index (χ2n) is 3.15. The van der Waals surface area contributed by atoms with Crippen LogP contribution in [0.4, 0.5) is 10.5 Å². The number of aromatic nitrogens is 1. The molecule has 0 saturated heterocycles. The largest absolute Gasteiger partial charge is 0.477 e. The first kappa shape index (κ1) is 12.7. The van der Waals surface area contributed by atoms with Crippen molar-refractivity contribution in [1.82, 2.24) is 4.98 Å². The van der Waals surface area contributed by atoms with E-state index in [9.17, 15) is 9.59 Å². The second-order valence-corrected chi connectivity index (χ2v) is 3.15. The molecule has 0 spiro atoms. The molecule has 17 heavy (non-hydrogen) atoms. The Morgan fingerprint density at radius 2 is 2.29 bits per heavy atom. The number of nitrogens with zero attached hydrogens (tertiary/aromatic N) is 1. The van der Waals surface area contributed by atoms with Gasteiger partial charge in [0.15, 0.2) is 0 Å². The van der Waals surface area contributed by atoms with E-state index < -0.39 is 12.1 Å². The van der Waals surface area contributed by atoms with E-state index in [-0.39, 0.29) is 12.3 Å². The van der Waals surface area contributed by atoms with Crippen molar-refractivity contribution in [3.05, 3.63) is 36.2 Å². The topological polar surface area (TPSA) is 88.5 Å². The van der Waals surface area contributed by atoms with Gasteiger partial charge in [0, 0.05) is 0 Å². The van der Waals surface area contributed by atoms with Gasteiger partial charge in [0.25, 0.3) is 0 Å². The van der Waals surface area contributed by atoms with E-state index in [4.69, 9.17) is 9.84 Å². The maximum absolute atomic E-state index is 11.2. The zero-order chi connectivity index (χ0) is 12.8.